The molecule has 0 fully saturated rings. The number of carbonyl (C=O) groups is 1. The van der Waals surface area contributed by atoms with Crippen molar-refractivity contribution < 1.29 is 4.79 Å². The largest absolute Gasteiger partial charge is 0.292 e. The van der Waals surface area contributed by atoms with Crippen molar-refractivity contribution >= 4 is 37.6 Å². The van der Waals surface area contributed by atoms with Crippen molar-refractivity contribution in [2.24, 2.45) is 0 Å². The number of rotatable bonds is 4. The lowest BCUT2D eigenvalue weighted by molar-refractivity contribution is 0.0977. The van der Waals surface area contributed by atoms with Gasteiger partial charge >= 0.3 is 0 Å². The standard InChI is InChI=1S/C11H11Br2NO/c1-7(2)3-4-10(15)11-9(13)5-8(12)6-14-11/h5-6H,1,3-4H2,2H3. The molecule has 0 amide bonds. The Morgan fingerprint density at radius 3 is 2.67 bits per heavy atom. The third kappa shape index (κ3) is 3.87. The summed E-state index contributed by atoms with van der Waals surface area (Å²) in [5.41, 5.74) is 1.50. The zero-order chi connectivity index (χ0) is 11.4. The van der Waals surface area contributed by atoms with Gasteiger partial charge in [-0.25, -0.2) is 0 Å². The zero-order valence-electron chi connectivity index (χ0n) is 8.39. The van der Waals surface area contributed by atoms with Crippen molar-refractivity contribution in [3.8, 4) is 0 Å². The third-order valence-electron chi connectivity index (χ3n) is 1.85. The minimum Gasteiger partial charge on any atom is -0.292 e. The number of aromatic nitrogens is 1. The van der Waals surface area contributed by atoms with Gasteiger partial charge < -0.3 is 0 Å². The van der Waals surface area contributed by atoms with Crippen molar-refractivity contribution in [1.29, 1.82) is 0 Å². The smallest absolute Gasteiger partial charge is 0.182 e. The number of ketones is 1. The van der Waals surface area contributed by atoms with Crippen LogP contribution in [0.2, 0.25) is 0 Å². The van der Waals surface area contributed by atoms with Crippen molar-refractivity contribution in [3.05, 3.63) is 39.1 Å². The fourth-order valence-corrected chi connectivity index (χ4v) is 2.27. The second-order valence-corrected chi connectivity index (χ2v) is 5.13. The van der Waals surface area contributed by atoms with Crippen LogP contribution in [0.1, 0.15) is 30.3 Å². The van der Waals surface area contributed by atoms with Crippen LogP contribution in [0.4, 0.5) is 0 Å². The highest BCUT2D eigenvalue weighted by Crippen LogP contribution is 2.21. The topological polar surface area (TPSA) is 30.0 Å². The summed E-state index contributed by atoms with van der Waals surface area (Å²) in [6.07, 6.45) is 2.80. The summed E-state index contributed by atoms with van der Waals surface area (Å²) in [6.45, 7) is 5.68. The first-order chi connectivity index (χ1) is 7.00. The minimum absolute atomic E-state index is 0.0392. The van der Waals surface area contributed by atoms with Crippen molar-refractivity contribution in [3.63, 3.8) is 0 Å². The first-order valence-corrected chi connectivity index (χ1v) is 6.08. The van der Waals surface area contributed by atoms with E-state index in [9.17, 15) is 4.79 Å². The summed E-state index contributed by atoms with van der Waals surface area (Å²) in [5, 5.41) is 0. The molecule has 0 aliphatic rings. The molecule has 0 unspecified atom stereocenters. The van der Waals surface area contributed by atoms with Gasteiger partial charge in [-0.15, -0.1) is 6.58 Å². The SMILES string of the molecule is C=C(C)CCC(=O)c1ncc(Br)cc1Br. The van der Waals surface area contributed by atoms with Gasteiger partial charge in [0.15, 0.2) is 5.78 Å². The summed E-state index contributed by atoms with van der Waals surface area (Å²) in [5.74, 6) is 0.0392. The van der Waals surface area contributed by atoms with Gasteiger partial charge in [0.1, 0.15) is 5.69 Å². The number of hydrogen-bond donors (Lipinski definition) is 0. The molecular weight excluding hydrogens is 322 g/mol. The van der Waals surface area contributed by atoms with E-state index in [4.69, 9.17) is 0 Å². The van der Waals surface area contributed by atoms with Crippen LogP contribution in [0.5, 0.6) is 0 Å². The third-order valence-corrected chi connectivity index (χ3v) is 2.89. The lowest BCUT2D eigenvalue weighted by Crippen LogP contribution is -2.03. The highest BCUT2D eigenvalue weighted by Gasteiger charge is 2.11. The molecule has 1 rings (SSSR count). The van der Waals surface area contributed by atoms with Crippen molar-refractivity contribution in [2.45, 2.75) is 19.8 Å². The Balaban J connectivity index is 2.78. The van der Waals surface area contributed by atoms with Gasteiger partial charge in [-0.2, -0.15) is 0 Å². The fraction of sp³-hybridized carbons (Fsp3) is 0.273. The maximum Gasteiger partial charge on any atom is 0.182 e. The fourth-order valence-electron chi connectivity index (χ4n) is 1.07. The summed E-state index contributed by atoms with van der Waals surface area (Å²) < 4.78 is 1.58. The van der Waals surface area contributed by atoms with Gasteiger partial charge in [-0.1, -0.05) is 5.57 Å². The molecule has 1 heterocycles. The Hall–Kier alpha value is -0.480. The Kier molecular flexibility index (Phi) is 4.67. The maximum atomic E-state index is 11.7. The van der Waals surface area contributed by atoms with Crippen LogP contribution in [-0.2, 0) is 0 Å². The molecule has 80 valence electrons. The van der Waals surface area contributed by atoms with Crippen LogP contribution in [-0.4, -0.2) is 10.8 Å². The van der Waals surface area contributed by atoms with Gasteiger partial charge in [0, 0.05) is 21.6 Å². The first-order valence-electron chi connectivity index (χ1n) is 4.49. The molecule has 1 aromatic heterocycles. The number of Topliss-reactive ketones (excluding diaryl/α,β-unsaturated/α-hetero) is 1. The maximum absolute atomic E-state index is 11.7. The molecule has 0 spiro atoms. The van der Waals surface area contributed by atoms with E-state index < -0.39 is 0 Å². The molecule has 0 saturated carbocycles. The van der Waals surface area contributed by atoms with E-state index in [-0.39, 0.29) is 5.78 Å². The zero-order valence-corrected chi connectivity index (χ0v) is 11.6. The van der Waals surface area contributed by atoms with E-state index in [1.807, 2.05) is 13.0 Å². The molecule has 0 N–H and O–H groups in total. The molecule has 15 heavy (non-hydrogen) atoms. The molecule has 0 aromatic carbocycles. The van der Waals surface area contributed by atoms with Crippen LogP contribution >= 0.6 is 31.9 Å². The van der Waals surface area contributed by atoms with E-state index in [0.717, 1.165) is 14.5 Å². The van der Waals surface area contributed by atoms with Crippen molar-refractivity contribution in [1.82, 2.24) is 4.98 Å². The van der Waals surface area contributed by atoms with Crippen LogP contribution in [0.15, 0.2) is 33.4 Å². The quantitative estimate of drug-likeness (QED) is 0.612. The minimum atomic E-state index is 0.0392. The monoisotopic (exact) mass is 331 g/mol. The molecule has 0 bridgehead atoms. The summed E-state index contributed by atoms with van der Waals surface area (Å²) >= 11 is 6.61. The Bertz CT molecular complexity index is 402. The Morgan fingerprint density at radius 1 is 1.47 bits per heavy atom. The summed E-state index contributed by atoms with van der Waals surface area (Å²) in [6, 6.07) is 1.82. The number of carbonyl (C=O) groups excluding carboxylic acids is 1. The van der Waals surface area contributed by atoms with E-state index >= 15 is 0 Å². The highest BCUT2D eigenvalue weighted by atomic mass is 79.9. The van der Waals surface area contributed by atoms with Crippen LogP contribution in [0.3, 0.4) is 0 Å². The number of pyridine rings is 1. The predicted molar refractivity (Wildman–Crippen MR) is 68.0 cm³/mol. The molecule has 4 heteroatoms. The molecule has 2 nitrogen and oxygen atoms in total. The number of nitrogens with zero attached hydrogens (tertiary/aromatic N) is 1. The van der Waals surface area contributed by atoms with E-state index in [1.165, 1.54) is 0 Å². The normalized spacial score (nSPS) is 10.1. The molecule has 0 atom stereocenters. The van der Waals surface area contributed by atoms with Gasteiger partial charge in [0.2, 0.25) is 0 Å². The Morgan fingerprint density at radius 2 is 2.13 bits per heavy atom. The van der Waals surface area contributed by atoms with E-state index in [1.54, 1.807) is 6.20 Å². The van der Waals surface area contributed by atoms with E-state index in [0.29, 0.717) is 18.5 Å². The van der Waals surface area contributed by atoms with Gasteiger partial charge in [-0.3, -0.25) is 9.78 Å². The number of halogens is 2. The molecular formula is C11H11Br2NO. The highest BCUT2D eigenvalue weighted by molar-refractivity contribution is 9.11. The first kappa shape index (κ1) is 12.6. The summed E-state index contributed by atoms with van der Waals surface area (Å²) in [4.78, 5) is 15.8. The average Bonchev–Trinajstić information content (AvgIpc) is 2.14. The average molecular weight is 333 g/mol. The summed E-state index contributed by atoms with van der Waals surface area (Å²) in [7, 11) is 0. The molecule has 1 aromatic rings. The van der Waals surface area contributed by atoms with Crippen LogP contribution in [0.25, 0.3) is 0 Å². The van der Waals surface area contributed by atoms with Gasteiger partial charge in [0.25, 0.3) is 0 Å². The molecule has 0 radical (unpaired) electrons. The van der Waals surface area contributed by atoms with E-state index in [2.05, 4.69) is 43.4 Å². The second-order valence-electron chi connectivity index (χ2n) is 3.36. The molecule has 0 aliphatic heterocycles. The van der Waals surface area contributed by atoms with Gasteiger partial charge in [-0.05, 0) is 51.3 Å². The second kappa shape index (κ2) is 5.56. The van der Waals surface area contributed by atoms with Crippen LogP contribution < -0.4 is 0 Å². The molecule has 0 saturated heterocycles. The van der Waals surface area contributed by atoms with Crippen molar-refractivity contribution in [2.75, 3.05) is 0 Å². The lowest BCUT2D eigenvalue weighted by Gasteiger charge is -2.03. The lowest BCUT2D eigenvalue weighted by atomic mass is 10.1. The molecule has 0 aliphatic carbocycles. The predicted octanol–water partition coefficient (Wildman–Crippen LogP) is 4.15. The Labute approximate surface area is 106 Å². The van der Waals surface area contributed by atoms with Crippen LogP contribution in [0, 0.1) is 0 Å². The number of hydrogen-bond acceptors (Lipinski definition) is 2. The number of allylic oxidation sites excluding steroid dienone is 1. The van der Waals surface area contributed by atoms with Gasteiger partial charge in [0.05, 0.1) is 0 Å².